The first-order valence-corrected chi connectivity index (χ1v) is 17.9. The first-order chi connectivity index (χ1) is 23.9. The smallest absolute Gasteiger partial charge is 0.218 e. The van der Waals surface area contributed by atoms with Crippen molar-refractivity contribution in [3.05, 3.63) is 88.5 Å². The summed E-state index contributed by atoms with van der Waals surface area (Å²) in [5, 5.41) is 9.20. The minimum absolute atomic E-state index is 0.0784. The van der Waals surface area contributed by atoms with E-state index in [9.17, 15) is 8.78 Å². The van der Waals surface area contributed by atoms with E-state index < -0.39 is 40.0 Å². The Morgan fingerprint density at radius 2 is 1.46 bits per heavy atom. The number of hydrogen-bond donors (Lipinski definition) is 3. The summed E-state index contributed by atoms with van der Waals surface area (Å²) < 4.78 is 87.9. The van der Waals surface area contributed by atoms with Crippen LogP contribution in [0.4, 0.5) is 22.0 Å². The molecule has 4 rings (SSSR count). The summed E-state index contributed by atoms with van der Waals surface area (Å²) in [5.41, 5.74) is -4.51. The van der Waals surface area contributed by atoms with Crippen molar-refractivity contribution in [3.8, 4) is 0 Å². The summed E-state index contributed by atoms with van der Waals surface area (Å²) >= 11 is 0. The molecule has 0 bridgehead atoms. The van der Waals surface area contributed by atoms with E-state index in [-0.39, 0.29) is 48.7 Å². The van der Waals surface area contributed by atoms with Gasteiger partial charge in [-0.15, -0.1) is 0 Å². The Labute approximate surface area is 294 Å². The van der Waals surface area contributed by atoms with E-state index in [2.05, 4.69) is 36.7 Å². The van der Waals surface area contributed by atoms with Crippen LogP contribution < -0.4 is 16.0 Å². The Balaban J connectivity index is 1.96. The van der Waals surface area contributed by atoms with Gasteiger partial charge in [-0.25, -0.2) is 22.0 Å². The van der Waals surface area contributed by atoms with Gasteiger partial charge >= 0.3 is 0 Å². The van der Waals surface area contributed by atoms with Crippen LogP contribution in [0, 0.1) is 23.5 Å². The van der Waals surface area contributed by atoms with E-state index in [4.69, 9.17) is 4.74 Å². The molecule has 2 aromatic rings. The van der Waals surface area contributed by atoms with Gasteiger partial charge in [0.15, 0.2) is 0 Å². The first-order valence-electron chi connectivity index (χ1n) is 17.9. The summed E-state index contributed by atoms with van der Waals surface area (Å²) in [7, 11) is 0. The predicted octanol–water partition coefficient (Wildman–Crippen LogP) is 5.61. The highest BCUT2D eigenvalue weighted by Crippen LogP contribution is 2.50. The fraction of sp³-hybridized carbons (Fsp3) is 0.579. The summed E-state index contributed by atoms with van der Waals surface area (Å²) in [6.07, 6.45) is 2.74. The molecule has 4 atom stereocenters. The lowest BCUT2D eigenvalue weighted by molar-refractivity contribution is 0.0384. The molecular formula is C38H54F5N6O. The average Bonchev–Trinajstić information content (AvgIpc) is 3.11. The number of nitrogens with one attached hydrogen (secondary N) is 3. The number of benzene rings is 2. The van der Waals surface area contributed by atoms with Crippen LogP contribution in [-0.2, 0) is 10.4 Å². The SMILES string of the molecule is CCN(CC)C(C)CNC1=C(c2cc(F)ccc2F)C(F)(NCC(C)N(CC)CC)[C]=C(NCCN2CCOCC2)C1(F)c1cccc(F)c1. The lowest BCUT2D eigenvalue weighted by Gasteiger charge is -2.43. The molecule has 0 spiro atoms. The molecular weight excluding hydrogens is 651 g/mol. The molecule has 0 saturated carbocycles. The Bertz CT molecular complexity index is 1460. The minimum Gasteiger partial charge on any atom is -0.383 e. The summed E-state index contributed by atoms with van der Waals surface area (Å²) in [5.74, 6) is -5.27. The first kappa shape index (κ1) is 39.8. The number of halogens is 5. The Morgan fingerprint density at radius 3 is 2.08 bits per heavy atom. The molecule has 1 heterocycles. The van der Waals surface area contributed by atoms with E-state index in [0.717, 1.165) is 24.3 Å². The predicted molar refractivity (Wildman–Crippen MR) is 189 cm³/mol. The number of likely N-dealkylation sites (N-methyl/N-ethyl adjacent to an activating group) is 2. The van der Waals surface area contributed by atoms with Crippen molar-refractivity contribution in [2.45, 2.75) is 65.1 Å². The molecule has 1 aliphatic carbocycles. The van der Waals surface area contributed by atoms with Gasteiger partial charge < -0.3 is 15.4 Å². The number of ether oxygens (including phenoxy) is 1. The van der Waals surface area contributed by atoms with Crippen molar-refractivity contribution in [2.75, 3.05) is 78.7 Å². The lowest BCUT2D eigenvalue weighted by atomic mass is 9.76. The molecule has 2 aliphatic rings. The molecule has 4 unspecified atom stereocenters. The van der Waals surface area contributed by atoms with Crippen molar-refractivity contribution in [3.63, 3.8) is 0 Å². The zero-order valence-corrected chi connectivity index (χ0v) is 30.3. The summed E-state index contributed by atoms with van der Waals surface area (Å²) in [4.78, 5) is 6.40. The van der Waals surface area contributed by atoms with E-state index in [0.29, 0.717) is 59.0 Å². The summed E-state index contributed by atoms with van der Waals surface area (Å²) in [6, 6.07) is 7.38. The number of morpholine rings is 1. The molecule has 12 heteroatoms. The van der Waals surface area contributed by atoms with Gasteiger partial charge in [0.1, 0.15) is 17.5 Å². The van der Waals surface area contributed by atoms with Crippen molar-refractivity contribution in [1.29, 1.82) is 0 Å². The molecule has 50 heavy (non-hydrogen) atoms. The molecule has 0 aromatic heterocycles. The van der Waals surface area contributed by atoms with Gasteiger partial charge in [0.05, 0.1) is 24.6 Å². The molecule has 1 radical (unpaired) electrons. The largest absolute Gasteiger partial charge is 0.383 e. The van der Waals surface area contributed by atoms with Gasteiger partial charge in [0.25, 0.3) is 0 Å². The third kappa shape index (κ3) is 9.06. The van der Waals surface area contributed by atoms with Gasteiger partial charge in [-0.2, -0.15) is 0 Å². The molecule has 277 valence electrons. The Kier molecular flexibility index (Phi) is 14.3. The number of alkyl halides is 2. The van der Waals surface area contributed by atoms with E-state index >= 15 is 13.2 Å². The molecule has 7 nitrogen and oxygen atoms in total. The Hall–Kier alpha value is -3.03. The van der Waals surface area contributed by atoms with E-state index in [1.54, 1.807) is 0 Å². The van der Waals surface area contributed by atoms with Gasteiger partial charge in [-0.1, -0.05) is 39.8 Å². The van der Waals surface area contributed by atoms with Gasteiger partial charge in [0, 0.05) is 74.1 Å². The maximum atomic E-state index is 18.6. The maximum absolute atomic E-state index is 18.6. The highest BCUT2D eigenvalue weighted by molar-refractivity contribution is 5.80. The molecule has 0 amide bonds. The highest BCUT2D eigenvalue weighted by Gasteiger charge is 2.54. The molecule has 3 N–H and O–H groups in total. The summed E-state index contributed by atoms with van der Waals surface area (Å²) in [6.45, 7) is 18.1. The zero-order chi connectivity index (χ0) is 36.5. The fourth-order valence-corrected chi connectivity index (χ4v) is 6.95. The molecule has 1 saturated heterocycles. The van der Waals surface area contributed by atoms with E-state index in [1.807, 2.05) is 41.5 Å². The number of nitrogens with zero attached hydrogens (tertiary/aromatic N) is 3. The van der Waals surface area contributed by atoms with Crippen LogP contribution >= 0.6 is 0 Å². The number of rotatable bonds is 18. The van der Waals surface area contributed by atoms with Crippen LogP contribution in [0.1, 0.15) is 52.7 Å². The van der Waals surface area contributed by atoms with Crippen LogP contribution in [-0.4, -0.2) is 111 Å². The van der Waals surface area contributed by atoms with Crippen LogP contribution in [0.3, 0.4) is 0 Å². The van der Waals surface area contributed by atoms with Gasteiger partial charge in [-0.05, 0) is 70.4 Å². The molecule has 1 fully saturated rings. The lowest BCUT2D eigenvalue weighted by Crippen LogP contribution is -2.55. The second-order valence-electron chi connectivity index (χ2n) is 13.0. The highest BCUT2D eigenvalue weighted by atomic mass is 19.2. The van der Waals surface area contributed by atoms with Crippen molar-refractivity contribution in [2.24, 2.45) is 0 Å². The topological polar surface area (TPSA) is 55.0 Å². The van der Waals surface area contributed by atoms with Gasteiger partial charge in [0.2, 0.25) is 11.5 Å². The zero-order valence-electron chi connectivity index (χ0n) is 30.3. The second kappa shape index (κ2) is 17.9. The van der Waals surface area contributed by atoms with Crippen LogP contribution in [0.2, 0.25) is 0 Å². The van der Waals surface area contributed by atoms with E-state index in [1.165, 1.54) is 18.2 Å². The molecule has 1 aliphatic heterocycles. The standard InChI is InChI=1S/C38H54F5N6O/c1-7-48(8-2)27(5)25-45-36-35(32-23-31(40)14-15-33(32)41)37(42,46-26-28(6)49(9-3)10-4)24-34(44-16-17-47-18-20-50-21-19-47)38(36,43)29-12-11-13-30(39)22-29/h11-15,22-23,27-28,44-46H,7-10,16-21,25-26H2,1-6H3. The van der Waals surface area contributed by atoms with Crippen LogP contribution in [0.5, 0.6) is 0 Å². The average molecular weight is 706 g/mol. The normalized spacial score (nSPS) is 22.9. The third-order valence-electron chi connectivity index (χ3n) is 9.92. The minimum atomic E-state index is -2.80. The fourth-order valence-electron chi connectivity index (χ4n) is 6.95. The second-order valence-corrected chi connectivity index (χ2v) is 13.0. The van der Waals surface area contributed by atoms with Crippen molar-refractivity contribution in [1.82, 2.24) is 30.7 Å². The van der Waals surface area contributed by atoms with Crippen molar-refractivity contribution < 1.29 is 26.7 Å². The quantitative estimate of drug-likeness (QED) is 0.138. The Morgan fingerprint density at radius 1 is 0.840 bits per heavy atom. The van der Waals surface area contributed by atoms with Crippen LogP contribution in [0.15, 0.2) is 53.9 Å². The number of hydrogen-bond acceptors (Lipinski definition) is 7. The third-order valence-corrected chi connectivity index (χ3v) is 9.92. The monoisotopic (exact) mass is 705 g/mol. The molecule has 2 aromatic carbocycles. The van der Waals surface area contributed by atoms with Crippen molar-refractivity contribution >= 4 is 5.57 Å². The van der Waals surface area contributed by atoms with Gasteiger partial charge in [-0.3, -0.25) is 20.0 Å². The van der Waals surface area contributed by atoms with Crippen LogP contribution in [0.25, 0.3) is 5.57 Å². The maximum Gasteiger partial charge on any atom is 0.218 e.